The molecule has 0 spiro atoms. The lowest BCUT2D eigenvalue weighted by molar-refractivity contribution is -0.120. The molecule has 6 heteroatoms. The number of fused-ring (bicyclic) bond motifs is 2. The van der Waals surface area contributed by atoms with Crippen molar-refractivity contribution in [3.05, 3.63) is 38.8 Å². The number of aromatic carboxylic acids is 1. The fraction of sp³-hybridized carbons (Fsp3) is 0.333. The summed E-state index contributed by atoms with van der Waals surface area (Å²) in [5, 5.41) is 12.1. The summed E-state index contributed by atoms with van der Waals surface area (Å²) in [6.07, 6.45) is 6.16. The van der Waals surface area contributed by atoms with Crippen molar-refractivity contribution in [2.45, 2.75) is 12.8 Å². The van der Waals surface area contributed by atoms with Crippen LogP contribution in [0.1, 0.15) is 23.2 Å². The molecular weight excluding hydrogens is 402 g/mol. The van der Waals surface area contributed by atoms with E-state index in [9.17, 15) is 14.7 Å². The molecule has 1 fully saturated rings. The molecule has 0 aromatic heterocycles. The third-order valence-electron chi connectivity index (χ3n) is 4.15. The molecule has 2 aliphatic rings. The zero-order valence-corrected chi connectivity index (χ0v) is 14.1. The van der Waals surface area contributed by atoms with Gasteiger partial charge in [-0.15, -0.1) is 0 Å². The molecule has 1 aromatic carbocycles. The molecule has 3 atom stereocenters. The number of allylic oxidation sites excluding steroid dienone is 2. The number of rotatable bonds is 3. The summed E-state index contributed by atoms with van der Waals surface area (Å²) in [6, 6.07) is 3.21. The number of nitrogens with one attached hydrogen (secondary N) is 1. The monoisotopic (exact) mass is 413 g/mol. The van der Waals surface area contributed by atoms with Gasteiger partial charge in [-0.1, -0.05) is 28.1 Å². The molecule has 21 heavy (non-hydrogen) atoms. The van der Waals surface area contributed by atoms with Gasteiger partial charge in [0.1, 0.15) is 0 Å². The average molecular weight is 415 g/mol. The molecular formula is C15H13Br2NO3. The van der Waals surface area contributed by atoms with Crippen LogP contribution in [0.5, 0.6) is 0 Å². The van der Waals surface area contributed by atoms with Crippen LogP contribution in [-0.2, 0) is 4.79 Å². The van der Waals surface area contributed by atoms with Crippen LogP contribution in [-0.4, -0.2) is 17.0 Å². The number of anilines is 1. The van der Waals surface area contributed by atoms with Crippen LogP contribution in [0.3, 0.4) is 0 Å². The number of carboxylic acid groups (broad SMARTS) is 1. The first-order chi connectivity index (χ1) is 9.95. The molecule has 0 heterocycles. The Bertz CT molecular complexity index is 657. The van der Waals surface area contributed by atoms with E-state index in [1.165, 1.54) is 6.07 Å². The Kier molecular flexibility index (Phi) is 3.92. The summed E-state index contributed by atoms with van der Waals surface area (Å²) in [7, 11) is 0. The highest BCUT2D eigenvalue weighted by atomic mass is 79.9. The Balaban J connectivity index is 1.86. The maximum atomic E-state index is 12.4. The van der Waals surface area contributed by atoms with Crippen molar-refractivity contribution in [1.82, 2.24) is 0 Å². The second-order valence-electron chi connectivity index (χ2n) is 5.49. The first kappa shape index (κ1) is 14.8. The predicted octanol–water partition coefficient (Wildman–Crippen LogP) is 4.06. The zero-order chi connectivity index (χ0) is 15.1. The predicted molar refractivity (Wildman–Crippen MR) is 86.3 cm³/mol. The van der Waals surface area contributed by atoms with Crippen LogP contribution in [0, 0.1) is 17.8 Å². The van der Waals surface area contributed by atoms with Gasteiger partial charge in [0, 0.05) is 14.9 Å². The van der Waals surface area contributed by atoms with Crippen LogP contribution < -0.4 is 5.32 Å². The summed E-state index contributed by atoms with van der Waals surface area (Å²) in [5.41, 5.74) is 0.394. The molecule has 3 unspecified atom stereocenters. The molecule has 1 amide bonds. The van der Waals surface area contributed by atoms with Gasteiger partial charge in [0.25, 0.3) is 0 Å². The van der Waals surface area contributed by atoms with Gasteiger partial charge < -0.3 is 10.4 Å². The minimum absolute atomic E-state index is 0.0582. The van der Waals surface area contributed by atoms with E-state index in [1.54, 1.807) is 6.07 Å². The van der Waals surface area contributed by atoms with Crippen molar-refractivity contribution in [3.8, 4) is 0 Å². The lowest BCUT2D eigenvalue weighted by Crippen LogP contribution is -2.27. The van der Waals surface area contributed by atoms with Crippen molar-refractivity contribution in [1.29, 1.82) is 0 Å². The highest BCUT2D eigenvalue weighted by Crippen LogP contribution is 2.44. The number of amides is 1. The molecule has 3 rings (SSSR count). The van der Waals surface area contributed by atoms with Gasteiger partial charge in [0.15, 0.2) is 0 Å². The molecule has 110 valence electrons. The van der Waals surface area contributed by atoms with Crippen molar-refractivity contribution < 1.29 is 14.7 Å². The first-order valence-corrected chi connectivity index (χ1v) is 8.26. The van der Waals surface area contributed by atoms with Crippen LogP contribution in [0.2, 0.25) is 0 Å². The van der Waals surface area contributed by atoms with Crippen molar-refractivity contribution in [2.24, 2.45) is 17.8 Å². The largest absolute Gasteiger partial charge is 0.478 e. The lowest BCUT2D eigenvalue weighted by atomic mass is 9.92. The van der Waals surface area contributed by atoms with Crippen LogP contribution in [0.15, 0.2) is 33.2 Å². The van der Waals surface area contributed by atoms with Crippen molar-refractivity contribution in [3.63, 3.8) is 0 Å². The maximum Gasteiger partial charge on any atom is 0.337 e. The maximum absolute atomic E-state index is 12.4. The van der Waals surface area contributed by atoms with Crippen molar-refractivity contribution >= 4 is 49.4 Å². The Hall–Kier alpha value is -1.14. The molecule has 4 nitrogen and oxygen atoms in total. The number of carbonyl (C=O) groups is 2. The number of benzene rings is 1. The molecule has 2 bridgehead atoms. The summed E-state index contributed by atoms with van der Waals surface area (Å²) in [6.45, 7) is 0. The number of hydrogen-bond acceptors (Lipinski definition) is 2. The molecule has 0 saturated heterocycles. The van der Waals surface area contributed by atoms with E-state index in [4.69, 9.17) is 0 Å². The van der Waals surface area contributed by atoms with E-state index in [0.29, 0.717) is 20.6 Å². The number of hydrogen-bond donors (Lipinski definition) is 2. The summed E-state index contributed by atoms with van der Waals surface area (Å²) >= 11 is 6.58. The van der Waals surface area contributed by atoms with Crippen LogP contribution in [0.25, 0.3) is 0 Å². The summed E-state index contributed by atoms with van der Waals surface area (Å²) in [4.78, 5) is 23.8. The third-order valence-corrected chi connectivity index (χ3v) is 5.23. The Labute approximate surface area is 138 Å². The highest BCUT2D eigenvalue weighted by Gasteiger charge is 2.40. The lowest BCUT2D eigenvalue weighted by Gasteiger charge is -2.19. The fourth-order valence-corrected chi connectivity index (χ4v) is 4.49. The van der Waals surface area contributed by atoms with Gasteiger partial charge in [0.2, 0.25) is 5.91 Å². The number of carbonyl (C=O) groups excluding carboxylic acids is 1. The molecule has 0 radical (unpaired) electrons. The SMILES string of the molecule is O=C(O)c1cc(Br)cc(Br)c1NC(=O)C1CC2C=CC1C2. The summed E-state index contributed by atoms with van der Waals surface area (Å²) < 4.78 is 1.20. The number of carboxylic acids is 1. The average Bonchev–Trinajstić information content (AvgIpc) is 3.03. The highest BCUT2D eigenvalue weighted by molar-refractivity contribution is 9.11. The second kappa shape index (κ2) is 5.57. The van der Waals surface area contributed by atoms with Gasteiger partial charge in [-0.3, -0.25) is 4.79 Å². The second-order valence-corrected chi connectivity index (χ2v) is 7.26. The minimum Gasteiger partial charge on any atom is -0.478 e. The fourth-order valence-electron chi connectivity index (χ4n) is 3.17. The van der Waals surface area contributed by atoms with Gasteiger partial charge in [-0.2, -0.15) is 0 Å². The summed E-state index contributed by atoms with van der Waals surface area (Å²) in [5.74, 6) is -0.440. The van der Waals surface area contributed by atoms with Gasteiger partial charge in [-0.25, -0.2) is 4.79 Å². The smallest absolute Gasteiger partial charge is 0.337 e. The molecule has 2 N–H and O–H groups in total. The molecule has 0 aliphatic heterocycles. The Morgan fingerprint density at radius 1 is 1.19 bits per heavy atom. The normalized spacial score (nSPS) is 26.1. The molecule has 1 aromatic rings. The van der Waals surface area contributed by atoms with E-state index < -0.39 is 5.97 Å². The van der Waals surface area contributed by atoms with E-state index in [2.05, 4.69) is 49.3 Å². The molecule has 1 saturated carbocycles. The van der Waals surface area contributed by atoms with Gasteiger partial charge in [-0.05, 0) is 52.7 Å². The number of halogens is 2. The van der Waals surface area contributed by atoms with Crippen LogP contribution >= 0.6 is 31.9 Å². The standard InChI is InChI=1S/C15H13Br2NO3/c16-9-5-11(15(20)21)13(12(17)6-9)18-14(19)10-4-7-1-2-8(10)3-7/h1-2,5-8,10H,3-4H2,(H,18,19)(H,20,21). The Morgan fingerprint density at radius 3 is 2.52 bits per heavy atom. The van der Waals surface area contributed by atoms with E-state index >= 15 is 0 Å². The minimum atomic E-state index is -1.07. The van der Waals surface area contributed by atoms with E-state index in [1.807, 2.05) is 0 Å². The zero-order valence-electron chi connectivity index (χ0n) is 11.0. The van der Waals surface area contributed by atoms with Gasteiger partial charge in [0.05, 0.1) is 11.3 Å². The first-order valence-electron chi connectivity index (χ1n) is 6.67. The topological polar surface area (TPSA) is 66.4 Å². The van der Waals surface area contributed by atoms with Gasteiger partial charge >= 0.3 is 5.97 Å². The van der Waals surface area contributed by atoms with E-state index in [-0.39, 0.29) is 23.3 Å². The molecule has 2 aliphatic carbocycles. The quantitative estimate of drug-likeness (QED) is 0.733. The van der Waals surface area contributed by atoms with Crippen LogP contribution in [0.4, 0.5) is 5.69 Å². The Morgan fingerprint density at radius 2 is 1.95 bits per heavy atom. The van der Waals surface area contributed by atoms with Crippen molar-refractivity contribution in [2.75, 3.05) is 5.32 Å². The third kappa shape index (κ3) is 2.79. The van der Waals surface area contributed by atoms with E-state index in [0.717, 1.165) is 12.8 Å².